The maximum absolute atomic E-state index is 11.7. The van der Waals surface area contributed by atoms with Crippen molar-refractivity contribution in [1.82, 2.24) is 30.2 Å². The van der Waals surface area contributed by atoms with Crippen LogP contribution in [0.2, 0.25) is 0 Å². The van der Waals surface area contributed by atoms with Crippen LogP contribution in [0.4, 0.5) is 5.82 Å². The van der Waals surface area contributed by atoms with Crippen LogP contribution in [-0.2, 0) is 9.59 Å². The predicted molar refractivity (Wildman–Crippen MR) is 72.9 cm³/mol. The molecule has 2 aromatic rings. The van der Waals surface area contributed by atoms with Gasteiger partial charge >= 0.3 is 0 Å². The summed E-state index contributed by atoms with van der Waals surface area (Å²) in [5.74, 6) is -0.976. The van der Waals surface area contributed by atoms with Crippen LogP contribution in [0.25, 0.3) is 17.4 Å². The maximum atomic E-state index is 11.7. The van der Waals surface area contributed by atoms with Crippen molar-refractivity contribution in [1.29, 1.82) is 0 Å². The molecule has 9 nitrogen and oxygen atoms in total. The molecule has 2 aromatic heterocycles. The summed E-state index contributed by atoms with van der Waals surface area (Å²) in [6, 6.07) is 0. The van der Waals surface area contributed by atoms with Crippen molar-refractivity contribution in [2.24, 2.45) is 0 Å². The molecule has 1 fully saturated rings. The molecular formula is C10H7N7O2S. The number of carbonyl (C=O) groups excluding carboxylic acids is 2. The van der Waals surface area contributed by atoms with Gasteiger partial charge in [0.1, 0.15) is 18.2 Å². The lowest BCUT2D eigenvalue weighted by molar-refractivity contribution is -0.123. The molecule has 10 heteroatoms. The molecule has 0 atom stereocenters. The van der Waals surface area contributed by atoms with Gasteiger partial charge in [-0.1, -0.05) is 0 Å². The van der Waals surface area contributed by atoms with Crippen LogP contribution in [-0.4, -0.2) is 36.4 Å². The smallest absolute Gasteiger partial charge is 0.264 e. The first-order valence-corrected chi connectivity index (χ1v) is 5.78. The zero-order valence-corrected chi connectivity index (χ0v) is 10.6. The second kappa shape index (κ2) is 4.35. The number of nitrogens with zero attached hydrogens (tertiary/aromatic N) is 4. The molecule has 20 heavy (non-hydrogen) atoms. The van der Waals surface area contributed by atoms with E-state index in [4.69, 9.17) is 18.0 Å². The van der Waals surface area contributed by atoms with Crippen LogP contribution in [0.1, 0.15) is 0 Å². The highest BCUT2D eigenvalue weighted by Crippen LogP contribution is 2.15. The molecule has 4 N–H and O–H groups in total. The van der Waals surface area contributed by atoms with Crippen molar-refractivity contribution in [2.45, 2.75) is 0 Å². The first-order chi connectivity index (χ1) is 9.56. The van der Waals surface area contributed by atoms with Crippen molar-refractivity contribution >= 4 is 52.3 Å². The standard InChI is InChI=1S/C10H7N7O2S/c11-6-5-7(13-2-12-6)17(3-14-5)1-4-8(18)15-10(20)16-9(4)19/h1-3H,(H2,11,12,13)(H2,15,16,18,19,20). The summed E-state index contributed by atoms with van der Waals surface area (Å²) in [5.41, 5.74) is 6.31. The fourth-order valence-electron chi connectivity index (χ4n) is 1.70. The lowest BCUT2D eigenvalue weighted by atomic mass is 10.2. The van der Waals surface area contributed by atoms with Gasteiger partial charge in [0.15, 0.2) is 22.1 Å². The topological polar surface area (TPSA) is 128 Å². The molecule has 1 saturated heterocycles. The summed E-state index contributed by atoms with van der Waals surface area (Å²) >= 11 is 4.71. The van der Waals surface area contributed by atoms with E-state index >= 15 is 0 Å². The molecule has 3 rings (SSSR count). The van der Waals surface area contributed by atoms with Crippen molar-refractivity contribution in [3.63, 3.8) is 0 Å². The molecule has 0 radical (unpaired) electrons. The number of nitrogen functional groups attached to an aromatic ring is 1. The first-order valence-electron chi connectivity index (χ1n) is 5.38. The maximum Gasteiger partial charge on any atom is 0.264 e. The van der Waals surface area contributed by atoms with Crippen LogP contribution < -0.4 is 16.4 Å². The SMILES string of the molecule is Nc1ncnc2c1ncn2C=C1C(=O)NC(=S)NC1=O. The predicted octanol–water partition coefficient (Wildman–Crippen LogP) is -1.22. The Labute approximate surface area is 116 Å². The number of aromatic nitrogens is 4. The number of nitrogens with two attached hydrogens (primary N) is 1. The van der Waals surface area contributed by atoms with Gasteiger partial charge in [0.2, 0.25) is 0 Å². The van der Waals surface area contributed by atoms with E-state index < -0.39 is 11.8 Å². The van der Waals surface area contributed by atoms with E-state index in [1.165, 1.54) is 23.4 Å². The van der Waals surface area contributed by atoms with Gasteiger partial charge in [-0.05, 0) is 12.2 Å². The Kier molecular flexibility index (Phi) is 2.64. The Balaban J connectivity index is 2.10. The summed E-state index contributed by atoms with van der Waals surface area (Å²) in [7, 11) is 0. The number of fused-ring (bicyclic) bond motifs is 1. The number of rotatable bonds is 1. The molecule has 0 aromatic carbocycles. The quantitative estimate of drug-likeness (QED) is 0.341. The summed E-state index contributed by atoms with van der Waals surface area (Å²) < 4.78 is 1.41. The Bertz CT molecular complexity index is 772. The molecule has 3 heterocycles. The third-order valence-electron chi connectivity index (χ3n) is 2.60. The molecule has 1 aliphatic rings. The number of thiocarbonyl (C=S) groups is 1. The highest BCUT2D eigenvalue weighted by Gasteiger charge is 2.26. The Morgan fingerprint density at radius 2 is 1.90 bits per heavy atom. The number of nitrogens with one attached hydrogen (secondary N) is 2. The number of anilines is 1. The molecule has 100 valence electrons. The molecule has 0 saturated carbocycles. The summed E-state index contributed by atoms with van der Waals surface area (Å²) in [6.45, 7) is 0. The summed E-state index contributed by atoms with van der Waals surface area (Å²) in [6.07, 6.45) is 3.95. The van der Waals surface area contributed by atoms with Gasteiger partial charge in [-0.2, -0.15) is 0 Å². The first kappa shape index (κ1) is 12.2. The second-order valence-electron chi connectivity index (χ2n) is 3.86. The molecule has 0 bridgehead atoms. The second-order valence-corrected chi connectivity index (χ2v) is 4.27. The van der Waals surface area contributed by atoms with Gasteiger partial charge in [0.25, 0.3) is 11.8 Å². The number of carbonyl (C=O) groups is 2. The number of hydrogen-bond acceptors (Lipinski definition) is 7. The van der Waals surface area contributed by atoms with Crippen LogP contribution in [0.5, 0.6) is 0 Å². The Hall–Kier alpha value is -2.88. The molecule has 1 aliphatic heterocycles. The lowest BCUT2D eigenvalue weighted by Gasteiger charge is -2.16. The summed E-state index contributed by atoms with van der Waals surface area (Å²) in [4.78, 5) is 35.3. The fraction of sp³-hybridized carbons (Fsp3) is 0. The van der Waals surface area contributed by atoms with Crippen LogP contribution >= 0.6 is 12.2 Å². The van der Waals surface area contributed by atoms with Gasteiger partial charge in [-0.15, -0.1) is 0 Å². The van der Waals surface area contributed by atoms with E-state index in [1.54, 1.807) is 0 Å². The molecule has 0 aliphatic carbocycles. The monoisotopic (exact) mass is 289 g/mol. The van der Waals surface area contributed by atoms with Gasteiger partial charge < -0.3 is 5.73 Å². The Morgan fingerprint density at radius 1 is 1.20 bits per heavy atom. The van der Waals surface area contributed by atoms with Crippen LogP contribution in [0.15, 0.2) is 18.2 Å². The highest BCUT2D eigenvalue weighted by atomic mass is 32.1. The van der Waals surface area contributed by atoms with E-state index in [1.807, 2.05) is 0 Å². The minimum Gasteiger partial charge on any atom is -0.382 e. The normalized spacial score (nSPS) is 15.2. The largest absolute Gasteiger partial charge is 0.382 e. The average Bonchev–Trinajstić information content (AvgIpc) is 2.78. The molecular weight excluding hydrogens is 282 g/mol. The van der Waals surface area contributed by atoms with Crippen molar-refractivity contribution in [2.75, 3.05) is 5.73 Å². The highest BCUT2D eigenvalue weighted by molar-refractivity contribution is 7.80. The minimum absolute atomic E-state index is 0.0285. The number of amides is 2. The van der Waals surface area contributed by atoms with Gasteiger partial charge in [-0.3, -0.25) is 24.8 Å². The van der Waals surface area contributed by atoms with E-state index in [2.05, 4.69) is 25.6 Å². The van der Waals surface area contributed by atoms with Crippen molar-refractivity contribution in [3.05, 3.63) is 18.2 Å². The number of imidazole rings is 1. The zero-order chi connectivity index (χ0) is 14.3. The van der Waals surface area contributed by atoms with Crippen molar-refractivity contribution in [3.8, 4) is 0 Å². The summed E-state index contributed by atoms with van der Waals surface area (Å²) in [5, 5.41) is 4.64. The van der Waals surface area contributed by atoms with E-state index in [0.717, 1.165) is 0 Å². The van der Waals surface area contributed by atoms with Crippen LogP contribution in [0.3, 0.4) is 0 Å². The van der Waals surface area contributed by atoms with Crippen molar-refractivity contribution < 1.29 is 9.59 Å². The molecule has 2 amide bonds. The average molecular weight is 289 g/mol. The van der Waals surface area contributed by atoms with Gasteiger partial charge in [0.05, 0.1) is 0 Å². The zero-order valence-electron chi connectivity index (χ0n) is 9.82. The van der Waals surface area contributed by atoms with Crippen LogP contribution in [0, 0.1) is 0 Å². The van der Waals surface area contributed by atoms with Gasteiger partial charge in [-0.25, -0.2) is 15.0 Å². The number of hydrogen-bond donors (Lipinski definition) is 3. The van der Waals surface area contributed by atoms with E-state index in [0.29, 0.717) is 11.2 Å². The van der Waals surface area contributed by atoms with E-state index in [9.17, 15) is 9.59 Å². The molecule has 0 unspecified atom stereocenters. The third kappa shape index (κ3) is 1.87. The fourth-order valence-corrected chi connectivity index (χ4v) is 1.88. The Morgan fingerprint density at radius 3 is 2.60 bits per heavy atom. The minimum atomic E-state index is -0.595. The van der Waals surface area contributed by atoms with E-state index in [-0.39, 0.29) is 16.5 Å². The third-order valence-corrected chi connectivity index (χ3v) is 2.80. The molecule has 0 spiro atoms. The van der Waals surface area contributed by atoms with Gasteiger partial charge in [0, 0.05) is 6.20 Å². The lowest BCUT2D eigenvalue weighted by Crippen LogP contribution is -2.51.